The Labute approximate surface area is 149 Å². The van der Waals surface area contributed by atoms with Gasteiger partial charge < -0.3 is 5.73 Å². The predicted molar refractivity (Wildman–Crippen MR) is 102 cm³/mol. The number of hydrogen-bond acceptors (Lipinski definition) is 4. The molecule has 0 aliphatic carbocycles. The second kappa shape index (κ2) is 12.4. The van der Waals surface area contributed by atoms with E-state index in [0.717, 1.165) is 6.07 Å². The molecule has 0 saturated carbocycles. The predicted octanol–water partition coefficient (Wildman–Crippen LogP) is 4.56. The summed E-state index contributed by atoms with van der Waals surface area (Å²) in [5, 5.41) is 0. The van der Waals surface area contributed by atoms with Gasteiger partial charge in [0.2, 0.25) is 0 Å². The standard InChI is InChI=1S/C14H16BrF2N3S.C2H6/c1-19-14(12(15)7-20-8-21-2)13(18)5-9-3-10(16)6-11(17)4-9;1-2/h3-4,6-7,13H,1,5,8,18H2,2H3;1-2H3/b14-12+,20-7-;. The van der Waals surface area contributed by atoms with Gasteiger partial charge in [0.05, 0.1) is 22.1 Å². The smallest absolute Gasteiger partial charge is 0.126 e. The Kier molecular flexibility index (Phi) is 11.8. The van der Waals surface area contributed by atoms with E-state index in [9.17, 15) is 8.78 Å². The number of benzene rings is 1. The summed E-state index contributed by atoms with van der Waals surface area (Å²) in [6, 6.07) is 2.78. The van der Waals surface area contributed by atoms with Crippen molar-refractivity contribution in [1.29, 1.82) is 0 Å². The minimum absolute atomic E-state index is 0.245. The van der Waals surface area contributed by atoms with E-state index in [1.54, 1.807) is 18.0 Å². The molecular formula is C16H22BrF2N3S. The highest BCUT2D eigenvalue weighted by Crippen LogP contribution is 2.18. The lowest BCUT2D eigenvalue weighted by atomic mass is 10.0. The minimum Gasteiger partial charge on any atom is -0.322 e. The van der Waals surface area contributed by atoms with E-state index < -0.39 is 17.7 Å². The number of halogens is 3. The van der Waals surface area contributed by atoms with Gasteiger partial charge in [-0.25, -0.2) is 8.78 Å². The lowest BCUT2D eigenvalue weighted by Crippen LogP contribution is -2.25. The molecular weight excluding hydrogens is 384 g/mol. The van der Waals surface area contributed by atoms with E-state index in [1.165, 1.54) is 12.1 Å². The van der Waals surface area contributed by atoms with Gasteiger partial charge in [-0.05, 0) is 53.0 Å². The molecule has 1 aromatic carbocycles. The number of nitrogens with two attached hydrogens (primary N) is 1. The van der Waals surface area contributed by atoms with Crippen LogP contribution < -0.4 is 5.73 Å². The maximum absolute atomic E-state index is 13.2. The molecule has 1 rings (SSSR count). The van der Waals surface area contributed by atoms with Crippen molar-refractivity contribution in [3.05, 3.63) is 45.6 Å². The van der Waals surface area contributed by atoms with E-state index in [4.69, 9.17) is 5.73 Å². The average Bonchev–Trinajstić information content (AvgIpc) is 2.49. The summed E-state index contributed by atoms with van der Waals surface area (Å²) < 4.78 is 26.9. The van der Waals surface area contributed by atoms with Gasteiger partial charge in [-0.1, -0.05) is 13.8 Å². The molecule has 0 aliphatic rings. The highest BCUT2D eigenvalue weighted by Gasteiger charge is 2.13. The van der Waals surface area contributed by atoms with E-state index in [2.05, 4.69) is 32.6 Å². The zero-order chi connectivity index (χ0) is 17.8. The van der Waals surface area contributed by atoms with E-state index in [-0.39, 0.29) is 6.42 Å². The van der Waals surface area contributed by atoms with Crippen LogP contribution in [0, 0.1) is 11.6 Å². The molecule has 0 heterocycles. The van der Waals surface area contributed by atoms with Gasteiger partial charge >= 0.3 is 0 Å². The molecule has 128 valence electrons. The van der Waals surface area contributed by atoms with Crippen LogP contribution in [0.2, 0.25) is 0 Å². The normalized spacial score (nSPS) is 13.2. The summed E-state index contributed by atoms with van der Waals surface area (Å²) in [5.74, 6) is -0.645. The van der Waals surface area contributed by atoms with Crippen molar-refractivity contribution in [2.45, 2.75) is 26.3 Å². The maximum Gasteiger partial charge on any atom is 0.126 e. The average molecular weight is 406 g/mol. The van der Waals surface area contributed by atoms with Crippen LogP contribution in [0.1, 0.15) is 19.4 Å². The third-order valence-electron chi connectivity index (χ3n) is 2.55. The number of aliphatic imine (C=N–C) groups is 2. The molecule has 0 radical (unpaired) electrons. The molecule has 1 atom stereocenters. The SMILES string of the molecule is C=N/C(=C(Br)\C=N/CSC)C(N)Cc1cc(F)cc(F)c1.CC. The zero-order valence-corrected chi connectivity index (χ0v) is 15.9. The summed E-state index contributed by atoms with van der Waals surface area (Å²) in [6.07, 6.45) is 3.78. The first-order chi connectivity index (χ1) is 11.0. The Hall–Kier alpha value is -1.05. The third kappa shape index (κ3) is 8.39. The monoisotopic (exact) mass is 405 g/mol. The van der Waals surface area contributed by atoms with Gasteiger partial charge in [0, 0.05) is 12.3 Å². The van der Waals surface area contributed by atoms with Crippen LogP contribution in [0.15, 0.2) is 38.4 Å². The number of rotatable bonds is 7. The summed E-state index contributed by atoms with van der Waals surface area (Å²) in [6.45, 7) is 7.48. The molecule has 0 aliphatic heterocycles. The fourth-order valence-electron chi connectivity index (χ4n) is 1.71. The minimum atomic E-state index is -0.630. The van der Waals surface area contributed by atoms with Crippen LogP contribution in [0.25, 0.3) is 0 Å². The van der Waals surface area contributed by atoms with Gasteiger partial charge in [0.25, 0.3) is 0 Å². The number of nitrogens with zero attached hydrogens (tertiary/aromatic N) is 2. The van der Waals surface area contributed by atoms with Crippen molar-refractivity contribution in [3.8, 4) is 0 Å². The highest BCUT2D eigenvalue weighted by molar-refractivity contribution is 9.12. The highest BCUT2D eigenvalue weighted by atomic mass is 79.9. The summed E-state index contributed by atoms with van der Waals surface area (Å²) in [5.41, 5.74) is 6.98. The van der Waals surface area contributed by atoms with E-state index in [0.29, 0.717) is 21.6 Å². The second-order valence-electron chi connectivity index (χ2n) is 4.21. The Balaban J connectivity index is 0.00000232. The van der Waals surface area contributed by atoms with Gasteiger partial charge in [0.15, 0.2) is 0 Å². The van der Waals surface area contributed by atoms with Crippen molar-refractivity contribution >= 4 is 40.6 Å². The Morgan fingerprint density at radius 2 is 1.91 bits per heavy atom. The molecule has 0 fully saturated rings. The lowest BCUT2D eigenvalue weighted by molar-refractivity contribution is 0.577. The lowest BCUT2D eigenvalue weighted by Gasteiger charge is -2.13. The second-order valence-corrected chi connectivity index (χ2v) is 5.90. The van der Waals surface area contributed by atoms with E-state index >= 15 is 0 Å². The van der Waals surface area contributed by atoms with E-state index in [1.807, 2.05) is 20.1 Å². The fourth-order valence-corrected chi connectivity index (χ4v) is 2.50. The summed E-state index contributed by atoms with van der Waals surface area (Å²) >= 11 is 4.91. The molecule has 23 heavy (non-hydrogen) atoms. The molecule has 7 heteroatoms. The number of hydrogen-bond donors (Lipinski definition) is 1. The first kappa shape index (κ1) is 21.9. The molecule has 0 aromatic heterocycles. The number of thioether (sulfide) groups is 1. The van der Waals surface area contributed by atoms with Crippen LogP contribution in [0.4, 0.5) is 8.78 Å². The third-order valence-corrected chi connectivity index (χ3v) is 3.57. The molecule has 1 unspecified atom stereocenters. The Bertz CT molecular complexity index is 542. The quantitative estimate of drug-likeness (QED) is 0.675. The molecule has 1 aromatic rings. The van der Waals surface area contributed by atoms with Crippen molar-refractivity contribution in [3.63, 3.8) is 0 Å². The first-order valence-corrected chi connectivity index (χ1v) is 9.22. The van der Waals surface area contributed by atoms with Gasteiger partial charge in [-0.15, -0.1) is 11.8 Å². The van der Waals surface area contributed by atoms with Crippen LogP contribution in [-0.2, 0) is 6.42 Å². The van der Waals surface area contributed by atoms with Crippen LogP contribution in [-0.4, -0.2) is 31.1 Å². The largest absolute Gasteiger partial charge is 0.322 e. The Morgan fingerprint density at radius 3 is 2.39 bits per heavy atom. The summed E-state index contributed by atoms with van der Waals surface area (Å²) in [4.78, 5) is 8.03. The summed E-state index contributed by atoms with van der Waals surface area (Å²) in [7, 11) is 0. The molecule has 0 amide bonds. The molecule has 0 bridgehead atoms. The maximum atomic E-state index is 13.2. The van der Waals surface area contributed by atoms with Gasteiger partial charge in [-0.2, -0.15) is 0 Å². The van der Waals surface area contributed by atoms with Crippen molar-refractivity contribution in [1.82, 2.24) is 0 Å². The molecule has 0 spiro atoms. The van der Waals surface area contributed by atoms with Crippen LogP contribution in [0.5, 0.6) is 0 Å². The van der Waals surface area contributed by atoms with Gasteiger partial charge in [-0.3, -0.25) is 9.98 Å². The molecule has 0 saturated heterocycles. The topological polar surface area (TPSA) is 50.7 Å². The molecule has 2 N–H and O–H groups in total. The fraction of sp³-hybridized carbons (Fsp3) is 0.375. The molecule has 3 nitrogen and oxygen atoms in total. The van der Waals surface area contributed by atoms with Crippen molar-refractivity contribution in [2.24, 2.45) is 15.7 Å². The van der Waals surface area contributed by atoms with Crippen LogP contribution in [0.3, 0.4) is 0 Å². The van der Waals surface area contributed by atoms with Gasteiger partial charge in [0.1, 0.15) is 11.6 Å². The zero-order valence-electron chi connectivity index (χ0n) is 13.5. The van der Waals surface area contributed by atoms with Crippen LogP contribution >= 0.6 is 27.7 Å². The Morgan fingerprint density at radius 1 is 1.35 bits per heavy atom. The first-order valence-electron chi connectivity index (χ1n) is 7.03. The van der Waals surface area contributed by atoms with Crippen molar-refractivity contribution in [2.75, 3.05) is 12.1 Å². The number of allylic oxidation sites excluding steroid dienone is 1. The van der Waals surface area contributed by atoms with Crippen molar-refractivity contribution < 1.29 is 8.78 Å².